The lowest BCUT2D eigenvalue weighted by Gasteiger charge is -2.02. The highest BCUT2D eigenvalue weighted by Crippen LogP contribution is 2.27. The summed E-state index contributed by atoms with van der Waals surface area (Å²) in [5, 5.41) is 3.34. The fraction of sp³-hybridized carbons (Fsp3) is 0.200. The maximum atomic E-state index is 12.4. The summed E-state index contributed by atoms with van der Waals surface area (Å²) in [6.07, 6.45) is -4.59. The molecule has 0 radical (unpaired) electrons. The Morgan fingerprint density at radius 1 is 1.18 bits per heavy atom. The molecular weight excluding hydrogens is 233 g/mol. The van der Waals surface area contributed by atoms with Crippen LogP contribution in [0.1, 0.15) is 11.4 Å². The van der Waals surface area contributed by atoms with Gasteiger partial charge >= 0.3 is 6.18 Å². The molecule has 90 valence electrons. The number of benzene rings is 1. The van der Waals surface area contributed by atoms with E-state index >= 15 is 0 Å². The third-order valence-corrected chi connectivity index (χ3v) is 2.16. The van der Waals surface area contributed by atoms with Crippen molar-refractivity contribution < 1.29 is 13.2 Å². The van der Waals surface area contributed by atoms with Crippen LogP contribution in [0.4, 0.5) is 19.1 Å². The van der Waals surface area contributed by atoms with Crippen LogP contribution in [-0.4, -0.2) is 14.8 Å². The number of rotatable bonds is 1. The Balaban J connectivity index is 2.46. The highest BCUT2D eigenvalue weighted by molar-refractivity contribution is 5.39. The van der Waals surface area contributed by atoms with Gasteiger partial charge in [0.25, 0.3) is 5.82 Å². The monoisotopic (exact) mass is 242 g/mol. The van der Waals surface area contributed by atoms with E-state index in [0.717, 1.165) is 10.2 Å². The quantitative estimate of drug-likeness (QED) is 0.833. The van der Waals surface area contributed by atoms with Gasteiger partial charge in [0, 0.05) is 0 Å². The van der Waals surface area contributed by atoms with Crippen LogP contribution in [-0.2, 0) is 6.18 Å². The average Bonchev–Trinajstić information content (AvgIpc) is 2.61. The van der Waals surface area contributed by atoms with E-state index in [4.69, 9.17) is 5.73 Å². The predicted octanol–water partition coefficient (Wildman–Crippen LogP) is 2.18. The Labute approximate surface area is 94.9 Å². The number of nitrogen functional groups attached to an aromatic ring is 1. The van der Waals surface area contributed by atoms with Gasteiger partial charge in [-0.3, -0.25) is 0 Å². The molecule has 7 heteroatoms. The lowest BCUT2D eigenvalue weighted by atomic mass is 10.2. The molecule has 17 heavy (non-hydrogen) atoms. The smallest absolute Gasteiger partial charge is 0.368 e. The van der Waals surface area contributed by atoms with Crippen molar-refractivity contribution in [3.05, 3.63) is 35.7 Å². The van der Waals surface area contributed by atoms with Crippen LogP contribution in [0.3, 0.4) is 0 Å². The molecule has 1 aromatic heterocycles. The molecule has 1 aromatic carbocycles. The second-order valence-electron chi connectivity index (χ2n) is 3.54. The van der Waals surface area contributed by atoms with E-state index in [1.165, 1.54) is 0 Å². The molecule has 2 aromatic rings. The van der Waals surface area contributed by atoms with Crippen LogP contribution in [0.5, 0.6) is 0 Å². The topological polar surface area (TPSA) is 56.7 Å². The fourth-order valence-corrected chi connectivity index (χ4v) is 1.32. The summed E-state index contributed by atoms with van der Waals surface area (Å²) in [7, 11) is 0. The van der Waals surface area contributed by atoms with Crippen molar-refractivity contribution in [2.45, 2.75) is 13.1 Å². The first-order valence-corrected chi connectivity index (χ1v) is 4.75. The third kappa shape index (κ3) is 2.22. The maximum absolute atomic E-state index is 12.4. The largest absolute Gasteiger partial charge is 0.453 e. The molecule has 0 spiro atoms. The van der Waals surface area contributed by atoms with Crippen molar-refractivity contribution in [1.29, 1.82) is 0 Å². The van der Waals surface area contributed by atoms with Crippen LogP contribution >= 0.6 is 0 Å². The molecule has 1 heterocycles. The zero-order chi connectivity index (χ0) is 12.6. The average molecular weight is 242 g/mol. The predicted molar refractivity (Wildman–Crippen MR) is 55.5 cm³/mol. The number of nitrogens with zero attached hydrogens (tertiary/aromatic N) is 3. The molecule has 0 aliphatic rings. The van der Waals surface area contributed by atoms with Gasteiger partial charge in [-0.25, -0.2) is 0 Å². The SMILES string of the molecule is Cc1ccc(-n2nc(C(F)(F)F)nc2N)cc1. The van der Waals surface area contributed by atoms with Crippen LogP contribution in [0.2, 0.25) is 0 Å². The van der Waals surface area contributed by atoms with Gasteiger partial charge in [-0.05, 0) is 19.1 Å². The highest BCUT2D eigenvalue weighted by atomic mass is 19.4. The van der Waals surface area contributed by atoms with E-state index in [2.05, 4.69) is 10.1 Å². The minimum absolute atomic E-state index is 0.291. The molecule has 4 nitrogen and oxygen atoms in total. The minimum atomic E-state index is -4.59. The first-order chi connectivity index (χ1) is 7.88. The normalized spacial score (nSPS) is 11.8. The molecular formula is C10H9F3N4. The van der Waals surface area contributed by atoms with Gasteiger partial charge in [-0.2, -0.15) is 22.8 Å². The van der Waals surface area contributed by atoms with Crippen molar-refractivity contribution in [3.63, 3.8) is 0 Å². The molecule has 0 aliphatic heterocycles. The third-order valence-electron chi connectivity index (χ3n) is 2.16. The summed E-state index contributed by atoms with van der Waals surface area (Å²) >= 11 is 0. The number of hydrogen-bond donors (Lipinski definition) is 1. The molecule has 0 saturated heterocycles. The summed E-state index contributed by atoms with van der Waals surface area (Å²) in [6, 6.07) is 6.76. The summed E-state index contributed by atoms with van der Waals surface area (Å²) in [6.45, 7) is 1.87. The van der Waals surface area contributed by atoms with Crippen molar-refractivity contribution in [1.82, 2.24) is 14.8 Å². The van der Waals surface area contributed by atoms with Gasteiger partial charge < -0.3 is 5.73 Å². The standard InChI is InChI=1S/C10H9F3N4/c1-6-2-4-7(5-3-6)17-9(14)15-8(16-17)10(11,12)13/h2-5H,1H3,(H2,14,15,16). The van der Waals surface area contributed by atoms with E-state index < -0.39 is 12.0 Å². The summed E-state index contributed by atoms with van der Waals surface area (Å²) < 4.78 is 38.1. The van der Waals surface area contributed by atoms with Gasteiger partial charge in [-0.15, -0.1) is 5.10 Å². The van der Waals surface area contributed by atoms with Crippen molar-refractivity contribution in [3.8, 4) is 5.69 Å². The van der Waals surface area contributed by atoms with Crippen LogP contribution < -0.4 is 5.73 Å². The second kappa shape index (κ2) is 3.76. The summed E-state index contributed by atoms with van der Waals surface area (Å²) in [4.78, 5) is 3.19. The Hall–Kier alpha value is -2.05. The zero-order valence-electron chi connectivity index (χ0n) is 8.86. The Morgan fingerprint density at radius 2 is 1.76 bits per heavy atom. The van der Waals surface area contributed by atoms with Crippen molar-refractivity contribution in [2.75, 3.05) is 5.73 Å². The van der Waals surface area contributed by atoms with Crippen LogP contribution in [0.15, 0.2) is 24.3 Å². The number of alkyl halides is 3. The van der Waals surface area contributed by atoms with E-state index in [1.807, 2.05) is 6.92 Å². The number of halogens is 3. The first-order valence-electron chi connectivity index (χ1n) is 4.75. The molecule has 0 atom stereocenters. The zero-order valence-corrected chi connectivity index (χ0v) is 8.86. The maximum Gasteiger partial charge on any atom is 0.453 e. The highest BCUT2D eigenvalue weighted by Gasteiger charge is 2.37. The summed E-state index contributed by atoms with van der Waals surface area (Å²) in [5.74, 6) is -1.53. The first kappa shape index (κ1) is 11.4. The molecule has 2 N–H and O–H groups in total. The van der Waals surface area contributed by atoms with E-state index in [1.54, 1.807) is 24.3 Å². The number of hydrogen-bond acceptors (Lipinski definition) is 3. The minimum Gasteiger partial charge on any atom is -0.368 e. The lowest BCUT2D eigenvalue weighted by molar-refractivity contribution is -0.144. The Kier molecular flexibility index (Phi) is 2.53. The van der Waals surface area contributed by atoms with Gasteiger partial charge in [-0.1, -0.05) is 17.7 Å². The number of anilines is 1. The van der Waals surface area contributed by atoms with E-state index in [0.29, 0.717) is 5.69 Å². The Morgan fingerprint density at radius 3 is 2.24 bits per heavy atom. The molecule has 0 fully saturated rings. The fourth-order valence-electron chi connectivity index (χ4n) is 1.32. The molecule has 0 aliphatic carbocycles. The molecule has 0 unspecified atom stereocenters. The van der Waals surface area contributed by atoms with Gasteiger partial charge in [0.1, 0.15) is 0 Å². The number of aryl methyl sites for hydroxylation is 1. The molecule has 2 rings (SSSR count). The van der Waals surface area contributed by atoms with Gasteiger partial charge in [0.05, 0.1) is 5.69 Å². The summed E-state index contributed by atoms with van der Waals surface area (Å²) in [5.41, 5.74) is 6.83. The van der Waals surface area contributed by atoms with Gasteiger partial charge in [0.15, 0.2) is 0 Å². The van der Waals surface area contributed by atoms with E-state index in [9.17, 15) is 13.2 Å². The van der Waals surface area contributed by atoms with Crippen molar-refractivity contribution in [2.24, 2.45) is 0 Å². The molecule has 0 bridgehead atoms. The molecule has 0 saturated carbocycles. The van der Waals surface area contributed by atoms with Gasteiger partial charge in [0.2, 0.25) is 5.95 Å². The van der Waals surface area contributed by atoms with E-state index in [-0.39, 0.29) is 5.95 Å². The molecule has 0 amide bonds. The van der Waals surface area contributed by atoms with Crippen LogP contribution in [0, 0.1) is 6.92 Å². The number of nitrogens with two attached hydrogens (primary N) is 1. The van der Waals surface area contributed by atoms with Crippen molar-refractivity contribution >= 4 is 5.95 Å². The van der Waals surface area contributed by atoms with Crippen LogP contribution in [0.25, 0.3) is 5.69 Å². The number of aromatic nitrogens is 3. The Bertz CT molecular complexity index is 527. The second-order valence-corrected chi connectivity index (χ2v) is 3.54. The lowest BCUT2D eigenvalue weighted by Crippen LogP contribution is -2.08.